The third-order valence-corrected chi connectivity index (χ3v) is 4.46. The lowest BCUT2D eigenvalue weighted by molar-refractivity contribution is -0.133. The van der Waals surface area contributed by atoms with Gasteiger partial charge in [-0.05, 0) is 42.8 Å². The Bertz CT molecular complexity index is 948. The van der Waals surface area contributed by atoms with Crippen LogP contribution in [-0.2, 0) is 16.0 Å². The first kappa shape index (κ1) is 17.0. The minimum Gasteiger partial charge on any atom is -0.426 e. The molecule has 0 saturated carbocycles. The molecular formula is C21H19N3O3. The van der Waals surface area contributed by atoms with Crippen molar-refractivity contribution in [1.29, 1.82) is 0 Å². The van der Waals surface area contributed by atoms with Gasteiger partial charge in [-0.1, -0.05) is 18.2 Å². The molecule has 1 saturated heterocycles. The summed E-state index contributed by atoms with van der Waals surface area (Å²) in [7, 11) is 0. The molecule has 0 unspecified atom stereocenters. The number of para-hydroxylation sites is 1. The molecule has 0 bridgehead atoms. The third kappa shape index (κ3) is 3.89. The predicted molar refractivity (Wildman–Crippen MR) is 101 cm³/mol. The van der Waals surface area contributed by atoms with Crippen molar-refractivity contribution in [2.45, 2.75) is 19.3 Å². The van der Waals surface area contributed by atoms with Crippen LogP contribution in [-0.4, -0.2) is 28.2 Å². The van der Waals surface area contributed by atoms with Crippen LogP contribution in [0.2, 0.25) is 0 Å². The van der Waals surface area contributed by atoms with Crippen molar-refractivity contribution in [1.82, 2.24) is 9.78 Å². The topological polar surface area (TPSA) is 64.4 Å². The Hall–Kier alpha value is -3.41. The van der Waals surface area contributed by atoms with E-state index in [1.54, 1.807) is 40.0 Å². The lowest BCUT2D eigenvalue weighted by atomic mass is 10.2. The standard InChI is InChI=1S/C21H19N3O3/c25-20-7-4-12-23(20)17-8-10-19(11-9-17)27-21(26)13-16-14-22-24(15-16)18-5-2-1-3-6-18/h1-3,5-6,8-11,14-15H,4,7,12-13H2. The van der Waals surface area contributed by atoms with Crippen LogP contribution in [0.15, 0.2) is 67.0 Å². The molecule has 27 heavy (non-hydrogen) atoms. The van der Waals surface area contributed by atoms with Crippen LogP contribution < -0.4 is 9.64 Å². The molecule has 0 aliphatic carbocycles. The van der Waals surface area contributed by atoms with Gasteiger partial charge in [-0.2, -0.15) is 5.10 Å². The number of amides is 1. The number of nitrogens with zero attached hydrogens (tertiary/aromatic N) is 3. The molecule has 1 aliphatic heterocycles. The molecule has 6 nitrogen and oxygen atoms in total. The third-order valence-electron chi connectivity index (χ3n) is 4.46. The van der Waals surface area contributed by atoms with Crippen LogP contribution in [0, 0.1) is 0 Å². The zero-order valence-corrected chi connectivity index (χ0v) is 14.7. The van der Waals surface area contributed by atoms with Gasteiger partial charge in [-0.25, -0.2) is 4.68 Å². The van der Waals surface area contributed by atoms with Gasteiger partial charge in [0.2, 0.25) is 5.91 Å². The van der Waals surface area contributed by atoms with E-state index in [4.69, 9.17) is 4.74 Å². The molecule has 0 N–H and O–H groups in total. The van der Waals surface area contributed by atoms with Crippen molar-refractivity contribution < 1.29 is 14.3 Å². The summed E-state index contributed by atoms with van der Waals surface area (Å²) in [5.41, 5.74) is 2.55. The fourth-order valence-corrected chi connectivity index (χ4v) is 3.12. The molecule has 1 amide bonds. The Kier molecular flexibility index (Phi) is 4.70. The Labute approximate surface area is 157 Å². The molecule has 0 radical (unpaired) electrons. The normalized spacial score (nSPS) is 13.8. The van der Waals surface area contributed by atoms with Crippen molar-refractivity contribution >= 4 is 17.6 Å². The van der Waals surface area contributed by atoms with Crippen LogP contribution in [0.3, 0.4) is 0 Å². The van der Waals surface area contributed by atoms with E-state index in [1.165, 1.54) is 0 Å². The summed E-state index contributed by atoms with van der Waals surface area (Å²) in [6.07, 6.45) is 5.09. The first-order valence-corrected chi connectivity index (χ1v) is 8.89. The number of benzene rings is 2. The molecule has 4 rings (SSSR count). The maximum absolute atomic E-state index is 12.2. The maximum Gasteiger partial charge on any atom is 0.315 e. The molecule has 2 heterocycles. The molecule has 1 aromatic heterocycles. The van der Waals surface area contributed by atoms with E-state index in [2.05, 4.69) is 5.10 Å². The summed E-state index contributed by atoms with van der Waals surface area (Å²) < 4.78 is 7.12. The summed E-state index contributed by atoms with van der Waals surface area (Å²) in [4.78, 5) is 25.7. The van der Waals surface area contributed by atoms with Crippen molar-refractivity contribution in [2.75, 3.05) is 11.4 Å². The van der Waals surface area contributed by atoms with Crippen LogP contribution >= 0.6 is 0 Å². The van der Waals surface area contributed by atoms with Crippen LogP contribution in [0.1, 0.15) is 18.4 Å². The number of anilines is 1. The zero-order valence-electron chi connectivity index (χ0n) is 14.7. The molecule has 2 aromatic carbocycles. The second-order valence-corrected chi connectivity index (χ2v) is 6.42. The van der Waals surface area contributed by atoms with E-state index in [9.17, 15) is 9.59 Å². The highest BCUT2D eigenvalue weighted by Crippen LogP contribution is 2.24. The van der Waals surface area contributed by atoms with E-state index in [0.29, 0.717) is 12.2 Å². The van der Waals surface area contributed by atoms with E-state index in [0.717, 1.165) is 29.9 Å². The number of aromatic nitrogens is 2. The molecule has 1 aliphatic rings. The summed E-state index contributed by atoms with van der Waals surface area (Å²) in [6.45, 7) is 0.739. The second kappa shape index (κ2) is 7.45. The highest BCUT2D eigenvalue weighted by molar-refractivity contribution is 5.95. The van der Waals surface area contributed by atoms with Gasteiger partial charge >= 0.3 is 5.97 Å². The van der Waals surface area contributed by atoms with Gasteiger partial charge in [-0.15, -0.1) is 0 Å². The van der Waals surface area contributed by atoms with Crippen molar-refractivity contribution in [3.8, 4) is 11.4 Å². The summed E-state index contributed by atoms with van der Waals surface area (Å²) in [5.74, 6) is 0.244. The molecule has 3 aromatic rings. The number of hydrogen-bond donors (Lipinski definition) is 0. The van der Waals surface area contributed by atoms with Crippen molar-refractivity contribution in [2.24, 2.45) is 0 Å². The molecule has 1 fully saturated rings. The first-order valence-electron chi connectivity index (χ1n) is 8.89. The summed E-state index contributed by atoms with van der Waals surface area (Å²) in [5, 5.41) is 4.28. The predicted octanol–water partition coefficient (Wildman–Crippen LogP) is 3.15. The van der Waals surface area contributed by atoms with Gasteiger partial charge in [0, 0.05) is 30.4 Å². The molecular weight excluding hydrogens is 342 g/mol. The van der Waals surface area contributed by atoms with Gasteiger partial charge < -0.3 is 9.64 Å². The number of carbonyl (C=O) groups is 2. The molecule has 136 valence electrons. The minimum absolute atomic E-state index is 0.134. The summed E-state index contributed by atoms with van der Waals surface area (Å²) in [6, 6.07) is 16.7. The monoisotopic (exact) mass is 361 g/mol. The Morgan fingerprint density at radius 2 is 1.81 bits per heavy atom. The molecule has 0 atom stereocenters. The van der Waals surface area contributed by atoms with E-state index in [1.807, 2.05) is 36.5 Å². The highest BCUT2D eigenvalue weighted by atomic mass is 16.5. The lowest BCUT2D eigenvalue weighted by Gasteiger charge is -2.15. The fraction of sp³-hybridized carbons (Fsp3) is 0.190. The van der Waals surface area contributed by atoms with Crippen molar-refractivity contribution in [3.05, 3.63) is 72.6 Å². The first-order chi connectivity index (χ1) is 13.2. The van der Waals surface area contributed by atoms with E-state index < -0.39 is 0 Å². The lowest BCUT2D eigenvalue weighted by Crippen LogP contribution is -2.23. The van der Waals surface area contributed by atoms with Crippen LogP contribution in [0.25, 0.3) is 5.69 Å². The summed E-state index contributed by atoms with van der Waals surface area (Å²) >= 11 is 0. The van der Waals surface area contributed by atoms with Gasteiger partial charge in [0.05, 0.1) is 18.3 Å². The van der Waals surface area contributed by atoms with Crippen LogP contribution in [0.5, 0.6) is 5.75 Å². The van der Waals surface area contributed by atoms with Gasteiger partial charge in [0.25, 0.3) is 0 Å². The minimum atomic E-state index is -0.354. The Morgan fingerprint density at radius 3 is 2.52 bits per heavy atom. The zero-order chi connectivity index (χ0) is 18.6. The quantitative estimate of drug-likeness (QED) is 0.517. The smallest absolute Gasteiger partial charge is 0.315 e. The SMILES string of the molecule is O=C(Cc1cnn(-c2ccccc2)c1)Oc1ccc(N2CCCC2=O)cc1. The van der Waals surface area contributed by atoms with Gasteiger partial charge in [0.1, 0.15) is 5.75 Å². The Balaban J connectivity index is 1.37. The molecule has 0 spiro atoms. The number of ether oxygens (including phenoxy) is 1. The number of esters is 1. The van der Waals surface area contributed by atoms with Gasteiger partial charge in [0.15, 0.2) is 0 Å². The van der Waals surface area contributed by atoms with Crippen molar-refractivity contribution in [3.63, 3.8) is 0 Å². The average molecular weight is 361 g/mol. The van der Waals surface area contributed by atoms with E-state index in [-0.39, 0.29) is 18.3 Å². The molecule has 6 heteroatoms. The van der Waals surface area contributed by atoms with Gasteiger partial charge in [-0.3, -0.25) is 9.59 Å². The Morgan fingerprint density at radius 1 is 1.04 bits per heavy atom. The largest absolute Gasteiger partial charge is 0.426 e. The number of carbonyl (C=O) groups excluding carboxylic acids is 2. The highest BCUT2D eigenvalue weighted by Gasteiger charge is 2.21. The average Bonchev–Trinajstić information content (AvgIpc) is 3.32. The van der Waals surface area contributed by atoms with E-state index >= 15 is 0 Å². The number of rotatable bonds is 5. The fourth-order valence-electron chi connectivity index (χ4n) is 3.12. The second-order valence-electron chi connectivity index (χ2n) is 6.42. The maximum atomic E-state index is 12.2. The number of hydrogen-bond acceptors (Lipinski definition) is 4. The van der Waals surface area contributed by atoms with Crippen LogP contribution in [0.4, 0.5) is 5.69 Å².